The molecule has 4 heterocycles. The van der Waals surface area contributed by atoms with Crippen LogP contribution in [-0.2, 0) is 20.1 Å². The molecule has 1 radical (unpaired) electrons. The third-order valence-electron chi connectivity index (χ3n) is 9.83. The maximum atomic E-state index is 6.33. The summed E-state index contributed by atoms with van der Waals surface area (Å²) in [5, 5.41) is 5.65. The van der Waals surface area contributed by atoms with E-state index >= 15 is 0 Å². The summed E-state index contributed by atoms with van der Waals surface area (Å²) < 4.78 is 8.58. The molecule has 0 bridgehead atoms. The second-order valence-electron chi connectivity index (χ2n) is 14.3. The molecule has 0 spiro atoms. The molecule has 5 nitrogen and oxygen atoms in total. The maximum absolute atomic E-state index is 6.33. The van der Waals surface area contributed by atoms with E-state index in [2.05, 4.69) is 143 Å². The van der Waals surface area contributed by atoms with Gasteiger partial charge in [0.05, 0.1) is 30.5 Å². The van der Waals surface area contributed by atoms with Crippen molar-refractivity contribution in [2.75, 3.05) is 0 Å². The molecule has 10 rings (SSSR count). The Balaban J connectivity index is 0.000000212. The van der Waals surface area contributed by atoms with Crippen LogP contribution in [0.1, 0.15) is 0 Å². The van der Waals surface area contributed by atoms with E-state index in [1.807, 2.05) is 60.8 Å². The fraction of sp³-hybridized carbons (Fsp3) is 0.0625. The third kappa shape index (κ3) is 6.83. The molecular formula is C48H36IrN4OSi-2. The number of imidazole rings is 1. The predicted octanol–water partition coefficient (Wildman–Crippen LogP) is 11.7. The van der Waals surface area contributed by atoms with E-state index < -0.39 is 8.07 Å². The first kappa shape index (κ1) is 36.0. The minimum atomic E-state index is -1.23. The van der Waals surface area contributed by atoms with Crippen molar-refractivity contribution in [2.45, 2.75) is 19.6 Å². The summed E-state index contributed by atoms with van der Waals surface area (Å²) in [5.74, 6) is 0.782. The number of pyridine rings is 2. The zero-order valence-electron chi connectivity index (χ0n) is 30.6. The van der Waals surface area contributed by atoms with E-state index in [9.17, 15) is 0 Å². The van der Waals surface area contributed by atoms with E-state index in [1.165, 1.54) is 5.19 Å². The molecule has 269 valence electrons. The van der Waals surface area contributed by atoms with Crippen LogP contribution in [0.25, 0.3) is 83.3 Å². The van der Waals surface area contributed by atoms with Crippen LogP contribution in [0.15, 0.2) is 168 Å². The van der Waals surface area contributed by atoms with E-state index in [-0.39, 0.29) is 20.1 Å². The number of benzene rings is 6. The summed E-state index contributed by atoms with van der Waals surface area (Å²) in [4.78, 5) is 14.3. The monoisotopic (exact) mass is 905 g/mol. The minimum absolute atomic E-state index is 0. The summed E-state index contributed by atoms with van der Waals surface area (Å²) in [6.07, 6.45) is 3.77. The molecule has 0 saturated heterocycles. The Bertz CT molecular complexity index is 2920. The number of furan rings is 1. The topological polar surface area (TPSA) is 56.7 Å². The molecule has 0 saturated carbocycles. The molecular weight excluding hydrogens is 869 g/mol. The zero-order valence-corrected chi connectivity index (χ0v) is 34.0. The van der Waals surface area contributed by atoms with Crippen LogP contribution in [0.2, 0.25) is 19.6 Å². The SMILES string of the molecule is C[Si](C)(C)c1ccc(-c2[c-]cccc2)nc1.[Ir].[c-]1ccc2c(oc3ncccc32)c1-c1nc2c3ccccc3ccc2n1-c1ccccc1-c1ccccc1. The van der Waals surface area contributed by atoms with Crippen molar-refractivity contribution in [3.05, 3.63) is 176 Å². The summed E-state index contributed by atoms with van der Waals surface area (Å²) in [7, 11) is -1.23. The third-order valence-corrected chi connectivity index (χ3v) is 11.9. The van der Waals surface area contributed by atoms with Crippen molar-refractivity contribution >= 4 is 57.1 Å². The van der Waals surface area contributed by atoms with Crippen molar-refractivity contribution in [1.29, 1.82) is 0 Å². The average molecular weight is 905 g/mol. The van der Waals surface area contributed by atoms with Gasteiger partial charge in [0.1, 0.15) is 0 Å². The van der Waals surface area contributed by atoms with Gasteiger partial charge < -0.3 is 14.0 Å². The number of hydrogen-bond acceptors (Lipinski definition) is 4. The van der Waals surface area contributed by atoms with Crippen molar-refractivity contribution in [3.63, 3.8) is 0 Å². The van der Waals surface area contributed by atoms with Crippen molar-refractivity contribution in [1.82, 2.24) is 19.5 Å². The minimum Gasteiger partial charge on any atom is -0.486 e. The summed E-state index contributed by atoms with van der Waals surface area (Å²) >= 11 is 0. The predicted molar refractivity (Wildman–Crippen MR) is 225 cm³/mol. The van der Waals surface area contributed by atoms with E-state index in [0.29, 0.717) is 5.71 Å². The number of nitrogens with zero attached hydrogens (tertiary/aromatic N) is 4. The molecule has 4 aromatic heterocycles. The smallest absolute Gasteiger partial charge is 0.216 e. The Labute approximate surface area is 334 Å². The van der Waals surface area contributed by atoms with Gasteiger partial charge in [0.2, 0.25) is 5.71 Å². The van der Waals surface area contributed by atoms with Gasteiger partial charge in [0.25, 0.3) is 0 Å². The van der Waals surface area contributed by atoms with Gasteiger partial charge in [-0.05, 0) is 46.1 Å². The second kappa shape index (κ2) is 15.0. The Morgan fingerprint density at radius 3 is 2.22 bits per heavy atom. The molecule has 55 heavy (non-hydrogen) atoms. The van der Waals surface area contributed by atoms with Gasteiger partial charge in [0, 0.05) is 54.5 Å². The van der Waals surface area contributed by atoms with Crippen LogP contribution in [0.3, 0.4) is 0 Å². The number of hydrogen-bond donors (Lipinski definition) is 0. The summed E-state index contributed by atoms with van der Waals surface area (Å²) in [6.45, 7) is 7.00. The van der Waals surface area contributed by atoms with Crippen molar-refractivity contribution in [2.24, 2.45) is 0 Å². The van der Waals surface area contributed by atoms with Gasteiger partial charge in [-0.15, -0.1) is 54.1 Å². The molecule has 7 heteroatoms. The molecule has 0 fully saturated rings. The average Bonchev–Trinajstić information content (AvgIpc) is 3.81. The Hall–Kier alpha value is -5.98. The Kier molecular flexibility index (Phi) is 9.85. The van der Waals surface area contributed by atoms with Crippen molar-refractivity contribution in [3.8, 4) is 39.5 Å². The van der Waals surface area contributed by atoms with Crippen LogP contribution in [0.5, 0.6) is 0 Å². The number of rotatable bonds is 5. The largest absolute Gasteiger partial charge is 0.486 e. The molecule has 0 unspecified atom stereocenters. The van der Waals surface area contributed by atoms with Gasteiger partial charge >= 0.3 is 0 Å². The van der Waals surface area contributed by atoms with Gasteiger partial charge in [-0.2, -0.15) is 0 Å². The summed E-state index contributed by atoms with van der Waals surface area (Å²) in [5.41, 5.74) is 9.51. The zero-order chi connectivity index (χ0) is 36.6. The molecule has 0 aliphatic rings. The van der Waals surface area contributed by atoms with Crippen LogP contribution in [-0.4, -0.2) is 27.6 Å². The molecule has 0 aliphatic heterocycles. The first-order chi connectivity index (χ1) is 26.4. The molecule has 10 aromatic rings. The number of aromatic nitrogens is 4. The van der Waals surface area contributed by atoms with Gasteiger partial charge in [0.15, 0.2) is 0 Å². The Morgan fingerprint density at radius 2 is 1.42 bits per heavy atom. The summed E-state index contributed by atoms with van der Waals surface area (Å²) in [6, 6.07) is 58.5. The number of fused-ring (bicyclic) bond motifs is 6. The first-order valence-corrected chi connectivity index (χ1v) is 21.6. The van der Waals surface area contributed by atoms with E-state index in [1.54, 1.807) is 6.20 Å². The van der Waals surface area contributed by atoms with Crippen LogP contribution in [0, 0.1) is 12.1 Å². The number of para-hydroxylation sites is 1. The normalized spacial score (nSPS) is 11.4. The van der Waals surface area contributed by atoms with Crippen LogP contribution in [0.4, 0.5) is 0 Å². The van der Waals surface area contributed by atoms with Gasteiger partial charge in [-0.25, -0.2) is 4.98 Å². The van der Waals surface area contributed by atoms with Gasteiger partial charge in [-0.1, -0.05) is 122 Å². The fourth-order valence-corrected chi connectivity index (χ4v) is 8.08. The second-order valence-corrected chi connectivity index (χ2v) is 19.4. The van der Waals surface area contributed by atoms with Crippen molar-refractivity contribution < 1.29 is 24.5 Å². The molecule has 0 aliphatic carbocycles. The molecule has 0 atom stereocenters. The van der Waals surface area contributed by atoms with Crippen LogP contribution >= 0.6 is 0 Å². The molecule has 0 N–H and O–H groups in total. The molecule has 0 amide bonds. The fourth-order valence-electron chi connectivity index (χ4n) is 7.05. The standard InChI is InChI=1S/C34H20N3O.C14H16NSi.Ir/c1-2-10-22(11-3-1)24-13-6-7-18-29(24)37-30-20-19-23-12-4-5-14-25(23)31(30)36-33(37)28-16-8-15-26-27-17-9-21-35-34(27)38-32(26)28;1-16(2,3)13-9-10-14(15-11-13)12-7-5-4-6-8-12;/h1-15,17-21H;4-7,9-11H,1-3H3;/q2*-1;. The van der Waals surface area contributed by atoms with E-state index in [4.69, 9.17) is 9.40 Å². The first-order valence-electron chi connectivity index (χ1n) is 18.1. The Morgan fingerprint density at radius 1 is 0.636 bits per heavy atom. The quantitative estimate of drug-likeness (QED) is 0.128. The maximum Gasteiger partial charge on any atom is 0.216 e. The molecule has 6 aromatic carbocycles. The van der Waals surface area contributed by atoms with Gasteiger partial charge in [-0.3, -0.25) is 4.98 Å². The van der Waals surface area contributed by atoms with Crippen LogP contribution < -0.4 is 5.19 Å². The van der Waals surface area contributed by atoms with E-state index in [0.717, 1.165) is 77.6 Å².